The monoisotopic (exact) mass is 261 g/mol. The van der Waals surface area contributed by atoms with Crippen molar-refractivity contribution in [2.24, 2.45) is 0 Å². The molecule has 1 saturated heterocycles. The smallest absolute Gasteiger partial charge is 0.481 e. The van der Waals surface area contributed by atoms with E-state index in [9.17, 15) is 0 Å². The molecule has 0 aromatic carbocycles. The Morgan fingerprint density at radius 2 is 1.79 bits per heavy atom. The lowest BCUT2D eigenvalue weighted by Gasteiger charge is -2.32. The van der Waals surface area contributed by atoms with Crippen LogP contribution in [0.2, 0.25) is 0 Å². The zero-order chi connectivity index (χ0) is 14.1. The molecule has 0 amide bonds. The van der Waals surface area contributed by atoms with E-state index in [0.717, 1.165) is 5.56 Å². The van der Waals surface area contributed by atoms with E-state index in [4.69, 9.17) is 14.0 Å². The Kier molecular flexibility index (Phi) is 3.70. The fourth-order valence-corrected chi connectivity index (χ4v) is 1.77. The predicted octanol–water partition coefficient (Wildman–Crippen LogP) is 2.73. The maximum atomic E-state index is 5.88. The molecule has 0 aliphatic carbocycles. The third-order valence-corrected chi connectivity index (χ3v) is 3.69. The minimum Gasteiger partial charge on any atom is -0.481 e. The summed E-state index contributed by atoms with van der Waals surface area (Å²) in [5.41, 5.74) is 0.371. The van der Waals surface area contributed by atoms with E-state index in [1.54, 1.807) is 13.3 Å². The Labute approximate surface area is 114 Å². The highest BCUT2D eigenvalue weighted by Gasteiger charge is 2.49. The van der Waals surface area contributed by atoms with E-state index in [-0.39, 0.29) is 18.3 Å². The van der Waals surface area contributed by atoms with Crippen molar-refractivity contribution in [2.75, 3.05) is 7.11 Å². The maximum absolute atomic E-state index is 5.88. The lowest BCUT2D eigenvalue weighted by atomic mass is 9.89. The van der Waals surface area contributed by atoms with Crippen molar-refractivity contribution >= 4 is 13.2 Å². The number of hydrogen-bond acceptors (Lipinski definition) is 4. The van der Waals surface area contributed by atoms with Crippen LogP contribution in [0.3, 0.4) is 0 Å². The molecule has 19 heavy (non-hydrogen) atoms. The van der Waals surface area contributed by atoms with Crippen LogP contribution in [-0.4, -0.2) is 30.4 Å². The second-order valence-corrected chi connectivity index (χ2v) is 5.62. The first kappa shape index (κ1) is 14.1. The lowest BCUT2D eigenvalue weighted by Crippen LogP contribution is -2.41. The van der Waals surface area contributed by atoms with Gasteiger partial charge in [0.05, 0.1) is 18.3 Å². The average Bonchev–Trinajstić information content (AvgIpc) is 2.56. The van der Waals surface area contributed by atoms with Gasteiger partial charge in [0.2, 0.25) is 5.88 Å². The predicted molar refractivity (Wildman–Crippen MR) is 75.9 cm³/mol. The van der Waals surface area contributed by atoms with Crippen molar-refractivity contribution in [1.82, 2.24) is 4.98 Å². The minimum atomic E-state index is -0.327. The van der Waals surface area contributed by atoms with Gasteiger partial charge in [0.1, 0.15) is 0 Å². The van der Waals surface area contributed by atoms with Gasteiger partial charge in [0, 0.05) is 12.3 Å². The molecule has 2 heterocycles. The van der Waals surface area contributed by atoms with Crippen molar-refractivity contribution in [3.63, 3.8) is 0 Å². The van der Waals surface area contributed by atoms with Gasteiger partial charge in [-0.15, -0.1) is 0 Å². The van der Waals surface area contributed by atoms with E-state index < -0.39 is 0 Å². The molecule has 0 N–H and O–H groups in total. The Balaban J connectivity index is 2.04. The zero-order valence-corrected chi connectivity index (χ0v) is 12.1. The Bertz CT molecular complexity index is 452. The molecular weight excluding hydrogens is 241 g/mol. The molecule has 0 atom stereocenters. The van der Waals surface area contributed by atoms with Crippen molar-refractivity contribution < 1.29 is 14.0 Å². The molecule has 1 aliphatic rings. The van der Waals surface area contributed by atoms with Gasteiger partial charge >= 0.3 is 7.12 Å². The number of aromatic nitrogens is 1. The molecule has 102 valence electrons. The Hall–Kier alpha value is -1.33. The van der Waals surface area contributed by atoms with Crippen molar-refractivity contribution in [3.05, 3.63) is 29.9 Å². The summed E-state index contributed by atoms with van der Waals surface area (Å²) in [4.78, 5) is 4.14. The second kappa shape index (κ2) is 4.98. The number of ether oxygens (including phenoxy) is 1. The first-order chi connectivity index (χ1) is 8.84. The van der Waals surface area contributed by atoms with Gasteiger partial charge in [-0.2, -0.15) is 0 Å². The highest BCUT2D eigenvalue weighted by atomic mass is 16.7. The van der Waals surface area contributed by atoms with E-state index in [1.807, 2.05) is 51.9 Å². The fourth-order valence-electron chi connectivity index (χ4n) is 1.77. The highest BCUT2D eigenvalue weighted by molar-refractivity contribution is 6.52. The summed E-state index contributed by atoms with van der Waals surface area (Å²) in [5, 5.41) is 0. The summed E-state index contributed by atoms with van der Waals surface area (Å²) in [6.45, 7) is 8.15. The molecule has 1 aromatic rings. The van der Waals surface area contributed by atoms with Crippen LogP contribution >= 0.6 is 0 Å². The van der Waals surface area contributed by atoms with E-state index in [2.05, 4.69) is 4.98 Å². The molecule has 1 aromatic heterocycles. The maximum Gasteiger partial charge on any atom is 0.487 e. The lowest BCUT2D eigenvalue weighted by molar-refractivity contribution is 0.00578. The van der Waals surface area contributed by atoms with E-state index in [1.165, 1.54) is 0 Å². The third kappa shape index (κ3) is 2.99. The van der Waals surface area contributed by atoms with Crippen LogP contribution in [0.5, 0.6) is 5.88 Å². The summed E-state index contributed by atoms with van der Waals surface area (Å²) >= 11 is 0. The van der Waals surface area contributed by atoms with Crippen molar-refractivity contribution in [3.8, 4) is 5.88 Å². The molecule has 1 fully saturated rings. The molecule has 0 spiro atoms. The normalized spacial score (nSPS) is 21.0. The molecule has 5 heteroatoms. The van der Waals surface area contributed by atoms with Crippen LogP contribution in [0.4, 0.5) is 0 Å². The summed E-state index contributed by atoms with van der Waals surface area (Å²) in [5.74, 6) is 2.51. The quantitative estimate of drug-likeness (QED) is 0.784. The number of rotatable bonds is 3. The van der Waals surface area contributed by atoms with Crippen LogP contribution in [-0.2, 0) is 9.31 Å². The van der Waals surface area contributed by atoms with Crippen LogP contribution in [0.15, 0.2) is 24.3 Å². The van der Waals surface area contributed by atoms with E-state index >= 15 is 0 Å². The first-order valence-electron chi connectivity index (χ1n) is 6.38. The SMILES string of the molecule is COc1ccc(/C=C/B2OC(C)(C)C(C)(C)O2)cn1. The minimum absolute atomic E-state index is 0.305. The molecule has 2 rings (SSSR count). The molecule has 4 nitrogen and oxygen atoms in total. The number of methoxy groups -OCH3 is 1. The van der Waals surface area contributed by atoms with Gasteiger partial charge < -0.3 is 14.0 Å². The molecule has 0 unspecified atom stereocenters. The number of pyridine rings is 1. The van der Waals surface area contributed by atoms with Crippen LogP contribution < -0.4 is 4.74 Å². The Morgan fingerprint density at radius 3 is 2.26 bits per heavy atom. The number of nitrogens with zero attached hydrogens (tertiary/aromatic N) is 1. The van der Waals surface area contributed by atoms with Crippen molar-refractivity contribution in [2.45, 2.75) is 38.9 Å². The van der Waals surface area contributed by atoms with Gasteiger partial charge in [-0.1, -0.05) is 12.1 Å². The summed E-state index contributed by atoms with van der Waals surface area (Å²) in [7, 11) is 1.27. The zero-order valence-electron chi connectivity index (χ0n) is 12.1. The van der Waals surface area contributed by atoms with Gasteiger partial charge in [0.25, 0.3) is 0 Å². The molecule has 1 aliphatic heterocycles. The third-order valence-electron chi connectivity index (χ3n) is 3.69. The second-order valence-electron chi connectivity index (χ2n) is 5.62. The van der Waals surface area contributed by atoms with Gasteiger partial charge in [0.15, 0.2) is 0 Å². The standard InChI is InChI=1S/C14H20BNO3/c1-13(2)14(3,4)19-15(18-13)9-8-11-6-7-12(17-5)16-10-11/h6-10H,1-5H3/b9-8+. The largest absolute Gasteiger partial charge is 0.487 e. The highest BCUT2D eigenvalue weighted by Crippen LogP contribution is 2.36. The van der Waals surface area contributed by atoms with Gasteiger partial charge in [-0.3, -0.25) is 0 Å². The average molecular weight is 261 g/mol. The van der Waals surface area contributed by atoms with Gasteiger partial charge in [-0.25, -0.2) is 4.98 Å². The van der Waals surface area contributed by atoms with Crippen LogP contribution in [0, 0.1) is 0 Å². The van der Waals surface area contributed by atoms with E-state index in [0.29, 0.717) is 5.88 Å². The molecule has 0 saturated carbocycles. The van der Waals surface area contributed by atoms with Crippen LogP contribution in [0.1, 0.15) is 33.3 Å². The number of hydrogen-bond donors (Lipinski definition) is 0. The van der Waals surface area contributed by atoms with Crippen molar-refractivity contribution in [1.29, 1.82) is 0 Å². The summed E-state index contributed by atoms with van der Waals surface area (Å²) in [6, 6.07) is 3.76. The van der Waals surface area contributed by atoms with Crippen LogP contribution in [0.25, 0.3) is 6.08 Å². The van der Waals surface area contributed by atoms with Gasteiger partial charge in [-0.05, 0) is 39.3 Å². The topological polar surface area (TPSA) is 40.6 Å². The summed E-state index contributed by atoms with van der Waals surface area (Å²) < 4.78 is 16.8. The first-order valence-corrected chi connectivity index (χ1v) is 6.38. The molecular formula is C14H20BNO3. The fraction of sp³-hybridized carbons (Fsp3) is 0.500. The molecule has 0 radical (unpaired) electrons. The molecule has 0 bridgehead atoms. The summed E-state index contributed by atoms with van der Waals surface area (Å²) in [6.07, 6.45) is 3.69. The Morgan fingerprint density at radius 1 is 1.16 bits per heavy atom.